The molecule has 0 saturated heterocycles. The first-order valence-electron chi connectivity index (χ1n) is 3.86. The van der Waals surface area contributed by atoms with Gasteiger partial charge in [0.2, 0.25) is 0 Å². The van der Waals surface area contributed by atoms with Gasteiger partial charge in [-0.1, -0.05) is 0 Å². The summed E-state index contributed by atoms with van der Waals surface area (Å²) in [6, 6.07) is 1.92. The lowest BCUT2D eigenvalue weighted by Gasteiger charge is -1.99. The minimum absolute atomic E-state index is 0.119. The summed E-state index contributed by atoms with van der Waals surface area (Å²) in [6.07, 6.45) is 0.119. The van der Waals surface area contributed by atoms with Crippen LogP contribution >= 0.6 is 0 Å². The predicted octanol–water partition coefficient (Wildman–Crippen LogP) is 1.27. The molecule has 0 amide bonds. The van der Waals surface area contributed by atoms with Crippen molar-refractivity contribution in [3.63, 3.8) is 0 Å². The Balaban J connectivity index is 3.01. The van der Waals surface area contributed by atoms with Crippen molar-refractivity contribution >= 4 is 5.97 Å². The van der Waals surface area contributed by atoms with Gasteiger partial charge in [-0.3, -0.25) is 4.79 Å². The van der Waals surface area contributed by atoms with Gasteiger partial charge in [0.1, 0.15) is 0 Å². The Morgan fingerprint density at radius 1 is 1.58 bits per heavy atom. The lowest BCUT2D eigenvalue weighted by Crippen LogP contribution is -2.01. The van der Waals surface area contributed by atoms with E-state index >= 15 is 0 Å². The van der Waals surface area contributed by atoms with Crippen molar-refractivity contribution in [1.29, 1.82) is 0 Å². The molecule has 1 heterocycles. The van der Waals surface area contributed by atoms with Crippen LogP contribution in [0, 0.1) is 13.8 Å². The number of rotatable bonds is 2. The number of carboxylic acids is 1. The Labute approximate surface area is 71.6 Å². The molecule has 12 heavy (non-hydrogen) atoms. The van der Waals surface area contributed by atoms with E-state index < -0.39 is 5.97 Å². The fourth-order valence-corrected chi connectivity index (χ4v) is 1.28. The fourth-order valence-electron chi connectivity index (χ4n) is 1.28. The van der Waals surface area contributed by atoms with Gasteiger partial charge < -0.3 is 9.67 Å². The van der Waals surface area contributed by atoms with Crippen LogP contribution in [0.5, 0.6) is 0 Å². The van der Waals surface area contributed by atoms with Crippen molar-refractivity contribution in [1.82, 2.24) is 4.57 Å². The second kappa shape index (κ2) is 3.01. The molecule has 0 aliphatic rings. The number of nitrogens with zero attached hydrogens (tertiary/aromatic N) is 1. The van der Waals surface area contributed by atoms with Crippen molar-refractivity contribution in [3.05, 3.63) is 23.0 Å². The van der Waals surface area contributed by atoms with E-state index in [2.05, 4.69) is 0 Å². The van der Waals surface area contributed by atoms with Gasteiger partial charge in [-0.15, -0.1) is 0 Å². The van der Waals surface area contributed by atoms with Crippen LogP contribution in [-0.4, -0.2) is 15.6 Å². The maximum Gasteiger partial charge on any atom is 0.307 e. The van der Waals surface area contributed by atoms with Gasteiger partial charge in [0.25, 0.3) is 0 Å². The summed E-state index contributed by atoms with van der Waals surface area (Å²) in [5.74, 6) is -0.774. The lowest BCUT2D eigenvalue weighted by molar-refractivity contribution is -0.136. The SMILES string of the molecule is Cc1cc(CC(=O)O)c(C)n1C. The number of hydrogen-bond donors (Lipinski definition) is 1. The van der Waals surface area contributed by atoms with Gasteiger partial charge in [-0.25, -0.2) is 0 Å². The van der Waals surface area contributed by atoms with E-state index in [1.54, 1.807) is 0 Å². The van der Waals surface area contributed by atoms with E-state index in [-0.39, 0.29) is 6.42 Å². The highest BCUT2D eigenvalue weighted by atomic mass is 16.4. The van der Waals surface area contributed by atoms with Crippen molar-refractivity contribution in [2.75, 3.05) is 0 Å². The third-order valence-electron chi connectivity index (χ3n) is 2.22. The number of carboxylic acid groups (broad SMARTS) is 1. The quantitative estimate of drug-likeness (QED) is 0.720. The fraction of sp³-hybridized carbons (Fsp3) is 0.444. The Morgan fingerprint density at radius 2 is 2.17 bits per heavy atom. The van der Waals surface area contributed by atoms with E-state index in [9.17, 15) is 4.79 Å². The van der Waals surface area contributed by atoms with Gasteiger partial charge in [0.05, 0.1) is 6.42 Å². The van der Waals surface area contributed by atoms with Gasteiger partial charge in [-0.05, 0) is 25.5 Å². The molecule has 0 radical (unpaired) electrons. The second-order valence-electron chi connectivity index (χ2n) is 3.03. The topological polar surface area (TPSA) is 42.2 Å². The normalized spacial score (nSPS) is 10.2. The summed E-state index contributed by atoms with van der Waals surface area (Å²) in [7, 11) is 1.94. The number of hydrogen-bond acceptors (Lipinski definition) is 1. The largest absolute Gasteiger partial charge is 0.481 e. The van der Waals surface area contributed by atoms with Crippen molar-refractivity contribution in [2.24, 2.45) is 7.05 Å². The summed E-state index contributed by atoms with van der Waals surface area (Å²) in [5.41, 5.74) is 3.04. The molecule has 0 aliphatic carbocycles. The highest BCUT2D eigenvalue weighted by molar-refractivity contribution is 5.70. The third-order valence-corrected chi connectivity index (χ3v) is 2.22. The molecule has 0 spiro atoms. The van der Waals surface area contributed by atoms with Crippen LogP contribution in [0.4, 0.5) is 0 Å². The summed E-state index contributed by atoms with van der Waals surface area (Å²) >= 11 is 0. The van der Waals surface area contributed by atoms with E-state index in [1.165, 1.54) is 0 Å². The Kier molecular flexibility index (Phi) is 2.22. The van der Waals surface area contributed by atoms with Crippen LogP contribution in [0.25, 0.3) is 0 Å². The molecule has 0 aromatic carbocycles. The molecule has 1 aromatic rings. The summed E-state index contributed by atoms with van der Waals surface area (Å²) in [5, 5.41) is 8.58. The number of carbonyl (C=O) groups is 1. The molecule has 1 aromatic heterocycles. The average molecular weight is 167 g/mol. The Bertz CT molecular complexity index is 313. The molecule has 66 valence electrons. The highest BCUT2D eigenvalue weighted by Gasteiger charge is 2.08. The minimum atomic E-state index is -0.774. The van der Waals surface area contributed by atoms with Gasteiger partial charge in [0.15, 0.2) is 0 Å². The summed E-state index contributed by atoms with van der Waals surface area (Å²) < 4.78 is 2.00. The Hall–Kier alpha value is -1.25. The van der Waals surface area contributed by atoms with Crippen LogP contribution in [0.3, 0.4) is 0 Å². The molecule has 0 bridgehead atoms. The van der Waals surface area contributed by atoms with Crippen LogP contribution in [0.15, 0.2) is 6.07 Å². The minimum Gasteiger partial charge on any atom is -0.481 e. The van der Waals surface area contributed by atoms with Gasteiger partial charge >= 0.3 is 5.97 Å². The zero-order chi connectivity index (χ0) is 9.30. The third kappa shape index (κ3) is 1.49. The Morgan fingerprint density at radius 3 is 2.50 bits per heavy atom. The monoisotopic (exact) mass is 167 g/mol. The molecule has 1 rings (SSSR count). The second-order valence-corrected chi connectivity index (χ2v) is 3.03. The van der Waals surface area contributed by atoms with Crippen LogP contribution in [0.2, 0.25) is 0 Å². The van der Waals surface area contributed by atoms with Crippen LogP contribution < -0.4 is 0 Å². The standard InChI is InChI=1S/C9H13NO2/c1-6-4-8(5-9(11)12)7(2)10(6)3/h4H,5H2,1-3H3,(H,11,12). The summed E-state index contributed by atoms with van der Waals surface area (Å²) in [6.45, 7) is 3.91. The number of aliphatic carboxylic acids is 1. The number of aryl methyl sites for hydroxylation is 1. The summed E-state index contributed by atoms with van der Waals surface area (Å²) in [4.78, 5) is 10.4. The number of aromatic nitrogens is 1. The zero-order valence-corrected chi connectivity index (χ0v) is 7.59. The smallest absolute Gasteiger partial charge is 0.307 e. The predicted molar refractivity (Wildman–Crippen MR) is 46.2 cm³/mol. The average Bonchev–Trinajstić information content (AvgIpc) is 2.17. The van der Waals surface area contributed by atoms with Crippen molar-refractivity contribution in [2.45, 2.75) is 20.3 Å². The molecular weight excluding hydrogens is 154 g/mol. The van der Waals surface area contributed by atoms with Gasteiger partial charge in [-0.2, -0.15) is 0 Å². The first-order valence-corrected chi connectivity index (χ1v) is 3.86. The maximum atomic E-state index is 10.4. The molecule has 0 aliphatic heterocycles. The molecular formula is C9H13NO2. The van der Waals surface area contributed by atoms with E-state index in [4.69, 9.17) is 5.11 Å². The van der Waals surface area contributed by atoms with Gasteiger partial charge in [0, 0.05) is 18.4 Å². The molecule has 0 unspecified atom stereocenters. The molecule has 1 N–H and O–H groups in total. The van der Waals surface area contributed by atoms with Crippen LogP contribution in [-0.2, 0) is 18.3 Å². The molecule has 3 heteroatoms. The van der Waals surface area contributed by atoms with Crippen molar-refractivity contribution in [3.8, 4) is 0 Å². The lowest BCUT2D eigenvalue weighted by atomic mass is 10.2. The molecule has 0 atom stereocenters. The first kappa shape index (κ1) is 8.84. The van der Waals surface area contributed by atoms with Crippen LogP contribution in [0.1, 0.15) is 17.0 Å². The van der Waals surface area contributed by atoms with E-state index in [1.807, 2.05) is 31.5 Å². The molecule has 0 fully saturated rings. The molecule has 3 nitrogen and oxygen atoms in total. The maximum absolute atomic E-state index is 10.4. The highest BCUT2D eigenvalue weighted by Crippen LogP contribution is 2.13. The zero-order valence-electron chi connectivity index (χ0n) is 7.59. The van der Waals surface area contributed by atoms with Crippen molar-refractivity contribution < 1.29 is 9.90 Å². The first-order chi connectivity index (χ1) is 5.52. The molecule has 0 saturated carbocycles. The van der Waals surface area contributed by atoms with E-state index in [0.29, 0.717) is 0 Å². The van der Waals surface area contributed by atoms with E-state index in [0.717, 1.165) is 17.0 Å².